The summed E-state index contributed by atoms with van der Waals surface area (Å²) in [6.45, 7) is 3.78. The number of hydrogen-bond acceptors (Lipinski definition) is 3. The molecule has 4 nitrogen and oxygen atoms in total. The van der Waals surface area contributed by atoms with Gasteiger partial charge in [0, 0.05) is 10.7 Å². The van der Waals surface area contributed by atoms with Gasteiger partial charge >= 0.3 is 0 Å². The fourth-order valence-electron chi connectivity index (χ4n) is 1.80. The molecule has 0 saturated carbocycles. The van der Waals surface area contributed by atoms with Crippen molar-refractivity contribution in [2.75, 3.05) is 11.1 Å². The zero-order valence-electron chi connectivity index (χ0n) is 10.7. The van der Waals surface area contributed by atoms with Gasteiger partial charge in [-0.05, 0) is 59.1 Å². The van der Waals surface area contributed by atoms with Crippen LogP contribution >= 0.6 is 15.9 Å². The number of rotatable bonds is 2. The van der Waals surface area contributed by atoms with Crippen LogP contribution in [0.4, 0.5) is 11.4 Å². The smallest absolute Gasteiger partial charge is 0.274 e. The Balaban J connectivity index is 2.32. The monoisotopic (exact) mass is 319 g/mol. The molecule has 0 aliphatic rings. The number of pyridine rings is 1. The van der Waals surface area contributed by atoms with Crippen molar-refractivity contribution in [1.82, 2.24) is 4.98 Å². The highest BCUT2D eigenvalue weighted by Gasteiger charge is 2.14. The summed E-state index contributed by atoms with van der Waals surface area (Å²) in [5.74, 6) is -0.269. The Hall–Kier alpha value is -1.88. The molecule has 1 heterocycles. The number of nitrogens with two attached hydrogens (primary N) is 1. The Morgan fingerprint density at radius 3 is 2.74 bits per heavy atom. The number of halogens is 1. The minimum absolute atomic E-state index is 0.269. The molecule has 0 aliphatic heterocycles. The zero-order valence-corrected chi connectivity index (χ0v) is 12.3. The van der Waals surface area contributed by atoms with Crippen LogP contribution in [0, 0.1) is 13.8 Å². The molecule has 98 valence electrons. The van der Waals surface area contributed by atoms with Gasteiger partial charge in [-0.25, -0.2) is 0 Å². The maximum Gasteiger partial charge on any atom is 0.274 e. The van der Waals surface area contributed by atoms with E-state index in [-0.39, 0.29) is 5.91 Å². The predicted octanol–water partition coefficient (Wildman–Crippen LogP) is 3.30. The molecular weight excluding hydrogens is 306 g/mol. The van der Waals surface area contributed by atoms with Gasteiger partial charge in [0.15, 0.2) is 0 Å². The quantitative estimate of drug-likeness (QED) is 0.834. The van der Waals surface area contributed by atoms with Gasteiger partial charge in [-0.15, -0.1) is 0 Å². The van der Waals surface area contributed by atoms with E-state index in [4.69, 9.17) is 5.73 Å². The van der Waals surface area contributed by atoms with Gasteiger partial charge in [0.05, 0.1) is 11.4 Å². The van der Waals surface area contributed by atoms with Crippen LogP contribution in [-0.4, -0.2) is 10.9 Å². The lowest BCUT2D eigenvalue weighted by Crippen LogP contribution is -2.16. The number of carbonyl (C=O) groups is 1. The molecule has 0 fully saturated rings. The molecule has 0 radical (unpaired) electrons. The molecule has 3 N–H and O–H groups in total. The summed E-state index contributed by atoms with van der Waals surface area (Å²) in [6, 6.07) is 7.35. The first kappa shape index (κ1) is 13.5. The van der Waals surface area contributed by atoms with Crippen LogP contribution in [0.15, 0.2) is 34.9 Å². The Kier molecular flexibility index (Phi) is 3.85. The van der Waals surface area contributed by atoms with Gasteiger partial charge in [0.25, 0.3) is 5.91 Å². The summed E-state index contributed by atoms with van der Waals surface area (Å²) in [6.07, 6.45) is 1.59. The first-order valence-corrected chi connectivity index (χ1v) is 6.57. The van der Waals surface area contributed by atoms with Crippen molar-refractivity contribution in [2.24, 2.45) is 0 Å². The highest BCUT2D eigenvalue weighted by molar-refractivity contribution is 9.10. The highest BCUT2D eigenvalue weighted by atomic mass is 79.9. The van der Waals surface area contributed by atoms with Crippen LogP contribution in [0.25, 0.3) is 0 Å². The Bertz CT molecular complexity index is 617. The van der Waals surface area contributed by atoms with Crippen LogP contribution in [-0.2, 0) is 0 Å². The molecule has 19 heavy (non-hydrogen) atoms. The molecule has 0 bridgehead atoms. The summed E-state index contributed by atoms with van der Waals surface area (Å²) in [5.41, 5.74) is 9.26. The van der Waals surface area contributed by atoms with Crippen molar-refractivity contribution in [1.29, 1.82) is 0 Å². The van der Waals surface area contributed by atoms with Crippen molar-refractivity contribution < 1.29 is 4.79 Å². The summed E-state index contributed by atoms with van der Waals surface area (Å²) in [7, 11) is 0. The topological polar surface area (TPSA) is 68.0 Å². The molecule has 5 heteroatoms. The standard InChI is InChI=1S/C14H14BrN3O/c1-8-6-10(15)13(11(16)7-8)18-14(19)12-9(2)4-3-5-17-12/h3-7H,16H2,1-2H3,(H,18,19). The summed E-state index contributed by atoms with van der Waals surface area (Å²) >= 11 is 3.40. The van der Waals surface area contributed by atoms with Gasteiger partial charge in [0.2, 0.25) is 0 Å². The fourth-order valence-corrected chi connectivity index (χ4v) is 2.49. The third kappa shape index (κ3) is 2.93. The molecule has 1 amide bonds. The zero-order chi connectivity index (χ0) is 14.0. The molecule has 0 atom stereocenters. The van der Waals surface area contributed by atoms with Crippen LogP contribution in [0.2, 0.25) is 0 Å². The molecule has 0 saturated heterocycles. The number of benzene rings is 1. The van der Waals surface area contributed by atoms with Gasteiger partial charge < -0.3 is 11.1 Å². The number of amides is 1. The van der Waals surface area contributed by atoms with E-state index in [2.05, 4.69) is 26.2 Å². The van der Waals surface area contributed by atoms with Gasteiger partial charge in [-0.2, -0.15) is 0 Å². The number of nitrogen functional groups attached to an aromatic ring is 1. The van der Waals surface area contributed by atoms with Crippen molar-refractivity contribution in [3.05, 3.63) is 51.8 Å². The summed E-state index contributed by atoms with van der Waals surface area (Å²) < 4.78 is 0.756. The molecule has 2 aromatic rings. The molecular formula is C14H14BrN3O. The van der Waals surface area contributed by atoms with Crippen molar-refractivity contribution >= 4 is 33.2 Å². The van der Waals surface area contributed by atoms with Gasteiger partial charge in [-0.1, -0.05) is 6.07 Å². The van der Waals surface area contributed by atoms with E-state index in [1.807, 2.05) is 32.0 Å². The lowest BCUT2D eigenvalue weighted by atomic mass is 10.1. The van der Waals surface area contributed by atoms with E-state index < -0.39 is 0 Å². The van der Waals surface area contributed by atoms with E-state index in [9.17, 15) is 4.79 Å². The highest BCUT2D eigenvalue weighted by Crippen LogP contribution is 2.30. The van der Waals surface area contributed by atoms with E-state index in [0.29, 0.717) is 17.1 Å². The van der Waals surface area contributed by atoms with Gasteiger partial charge in [0.1, 0.15) is 5.69 Å². The normalized spacial score (nSPS) is 10.3. The molecule has 0 unspecified atom stereocenters. The third-order valence-corrected chi connectivity index (χ3v) is 3.35. The number of anilines is 2. The molecule has 1 aromatic heterocycles. The second-order valence-electron chi connectivity index (χ2n) is 4.33. The van der Waals surface area contributed by atoms with E-state index in [1.54, 1.807) is 12.3 Å². The SMILES string of the molecule is Cc1cc(N)c(NC(=O)c2ncccc2C)c(Br)c1. The van der Waals surface area contributed by atoms with Crippen molar-refractivity contribution in [3.8, 4) is 0 Å². The average molecular weight is 320 g/mol. The summed E-state index contributed by atoms with van der Waals surface area (Å²) in [4.78, 5) is 16.3. The molecule has 1 aromatic carbocycles. The number of carbonyl (C=O) groups excluding carboxylic acids is 1. The molecule has 0 aliphatic carbocycles. The fraction of sp³-hybridized carbons (Fsp3) is 0.143. The molecule has 2 rings (SSSR count). The van der Waals surface area contributed by atoms with Crippen molar-refractivity contribution in [3.63, 3.8) is 0 Å². The Morgan fingerprint density at radius 1 is 1.37 bits per heavy atom. The van der Waals surface area contributed by atoms with Crippen LogP contribution < -0.4 is 11.1 Å². The number of nitrogens with one attached hydrogen (secondary N) is 1. The predicted molar refractivity (Wildman–Crippen MR) is 80.2 cm³/mol. The second-order valence-corrected chi connectivity index (χ2v) is 5.19. The number of aromatic nitrogens is 1. The average Bonchev–Trinajstić information content (AvgIpc) is 2.34. The van der Waals surface area contributed by atoms with Crippen LogP contribution in [0.3, 0.4) is 0 Å². The van der Waals surface area contributed by atoms with E-state index in [0.717, 1.165) is 15.6 Å². The largest absolute Gasteiger partial charge is 0.397 e. The Morgan fingerprint density at radius 2 is 2.11 bits per heavy atom. The van der Waals surface area contributed by atoms with E-state index in [1.165, 1.54) is 0 Å². The minimum Gasteiger partial charge on any atom is -0.397 e. The lowest BCUT2D eigenvalue weighted by Gasteiger charge is -2.12. The molecule has 0 spiro atoms. The Labute approximate surface area is 120 Å². The van der Waals surface area contributed by atoms with Gasteiger partial charge in [-0.3, -0.25) is 9.78 Å². The second kappa shape index (κ2) is 5.40. The lowest BCUT2D eigenvalue weighted by molar-refractivity contribution is 0.102. The van der Waals surface area contributed by atoms with Crippen molar-refractivity contribution in [2.45, 2.75) is 13.8 Å². The van der Waals surface area contributed by atoms with Crippen LogP contribution in [0.1, 0.15) is 21.6 Å². The van der Waals surface area contributed by atoms with Crippen LogP contribution in [0.5, 0.6) is 0 Å². The number of hydrogen-bond donors (Lipinski definition) is 2. The summed E-state index contributed by atoms with van der Waals surface area (Å²) in [5, 5.41) is 2.79. The minimum atomic E-state index is -0.269. The number of aryl methyl sites for hydroxylation is 2. The maximum absolute atomic E-state index is 12.2. The maximum atomic E-state index is 12.2. The van der Waals surface area contributed by atoms with E-state index >= 15 is 0 Å². The number of nitrogens with zero attached hydrogens (tertiary/aromatic N) is 1. The first-order valence-electron chi connectivity index (χ1n) is 5.77. The third-order valence-electron chi connectivity index (χ3n) is 2.73. The first-order chi connectivity index (χ1) is 8.99.